The molecular weight excluding hydrogens is 274 g/mol. The highest BCUT2D eigenvalue weighted by Crippen LogP contribution is 2.06. The van der Waals surface area contributed by atoms with Crippen molar-refractivity contribution in [2.45, 2.75) is 26.3 Å². The van der Waals surface area contributed by atoms with E-state index in [9.17, 15) is 14.4 Å². The molecule has 0 aromatic carbocycles. The smallest absolute Gasteiger partial charge is 0.332 e. The van der Waals surface area contributed by atoms with Crippen molar-refractivity contribution in [2.75, 3.05) is 11.9 Å². The summed E-state index contributed by atoms with van der Waals surface area (Å²) in [6.07, 6.45) is 0. The van der Waals surface area contributed by atoms with Gasteiger partial charge in [-0.15, -0.1) is 0 Å². The highest BCUT2D eigenvalue weighted by Gasteiger charge is 2.17. The van der Waals surface area contributed by atoms with Gasteiger partial charge in [-0.3, -0.25) is 18.7 Å². The molecule has 0 aliphatic heterocycles. The number of nitrogens with one attached hydrogen (secondary N) is 2. The third kappa shape index (κ3) is 3.72. The van der Waals surface area contributed by atoms with Crippen molar-refractivity contribution in [3.8, 4) is 6.07 Å². The van der Waals surface area contributed by atoms with Crippen LogP contribution in [0.2, 0.25) is 0 Å². The van der Waals surface area contributed by atoms with E-state index in [1.807, 2.05) is 20.8 Å². The minimum atomic E-state index is -0.695. The molecule has 1 heterocycles. The van der Waals surface area contributed by atoms with Gasteiger partial charge in [-0.05, 0) is 20.8 Å². The largest absolute Gasteiger partial charge is 0.361 e. The monoisotopic (exact) mass is 293 g/mol. The van der Waals surface area contributed by atoms with E-state index in [0.717, 1.165) is 9.13 Å². The predicted octanol–water partition coefficient (Wildman–Crippen LogP) is -0.718. The molecule has 1 rings (SSSR count). The van der Waals surface area contributed by atoms with Crippen molar-refractivity contribution in [3.05, 3.63) is 26.4 Å². The number of aromatic nitrogens is 2. The number of nitrogens with zero attached hydrogens (tertiary/aromatic N) is 3. The number of carbonyl (C=O) groups is 1. The van der Waals surface area contributed by atoms with Crippen molar-refractivity contribution >= 4 is 11.7 Å². The predicted molar refractivity (Wildman–Crippen MR) is 78.0 cm³/mol. The fourth-order valence-electron chi connectivity index (χ4n) is 1.78. The second-order valence-corrected chi connectivity index (χ2v) is 5.69. The summed E-state index contributed by atoms with van der Waals surface area (Å²) in [4.78, 5) is 35.4. The van der Waals surface area contributed by atoms with Crippen LogP contribution in [0.3, 0.4) is 0 Å². The maximum absolute atomic E-state index is 11.9. The number of rotatable bonds is 3. The van der Waals surface area contributed by atoms with Crippen molar-refractivity contribution in [3.63, 3.8) is 0 Å². The minimum Gasteiger partial charge on any atom is -0.361 e. The zero-order valence-electron chi connectivity index (χ0n) is 12.8. The maximum atomic E-state index is 11.9. The molecule has 8 nitrogen and oxygen atoms in total. The van der Waals surface area contributed by atoms with Gasteiger partial charge >= 0.3 is 5.69 Å². The summed E-state index contributed by atoms with van der Waals surface area (Å²) in [5.74, 6) is -0.269. The molecule has 21 heavy (non-hydrogen) atoms. The standard InChI is InChI=1S/C13H19N5O3/c1-13(2,3)16-9(19)7-15-10-8(6-14)11(20)18(5)12(21)17(10)4/h15H,7H2,1-5H3,(H,16,19). The van der Waals surface area contributed by atoms with Crippen LogP contribution in [-0.2, 0) is 18.9 Å². The Kier molecular flexibility index (Phi) is 4.58. The lowest BCUT2D eigenvalue weighted by molar-refractivity contribution is -0.120. The van der Waals surface area contributed by atoms with E-state index in [1.54, 1.807) is 6.07 Å². The van der Waals surface area contributed by atoms with Crippen LogP contribution >= 0.6 is 0 Å². The lowest BCUT2D eigenvalue weighted by atomic mass is 10.1. The molecule has 0 spiro atoms. The molecule has 1 aromatic rings. The number of hydrogen-bond acceptors (Lipinski definition) is 5. The van der Waals surface area contributed by atoms with Gasteiger partial charge in [0.15, 0.2) is 5.56 Å². The molecule has 0 unspecified atom stereocenters. The van der Waals surface area contributed by atoms with Crippen LogP contribution in [0.15, 0.2) is 9.59 Å². The molecule has 8 heteroatoms. The quantitative estimate of drug-likeness (QED) is 0.764. The fraction of sp³-hybridized carbons (Fsp3) is 0.538. The van der Waals surface area contributed by atoms with Gasteiger partial charge in [0.25, 0.3) is 5.56 Å². The first-order valence-electron chi connectivity index (χ1n) is 6.33. The number of nitriles is 1. The molecule has 0 atom stereocenters. The third-order valence-corrected chi connectivity index (χ3v) is 2.71. The summed E-state index contributed by atoms with van der Waals surface area (Å²) in [5, 5.41) is 14.5. The van der Waals surface area contributed by atoms with E-state index in [0.29, 0.717) is 0 Å². The van der Waals surface area contributed by atoms with Crippen molar-refractivity contribution in [1.82, 2.24) is 14.5 Å². The second kappa shape index (κ2) is 5.83. The molecule has 0 radical (unpaired) electrons. The molecule has 0 aliphatic carbocycles. The summed E-state index contributed by atoms with van der Waals surface area (Å²) in [6, 6.07) is 1.76. The summed E-state index contributed by atoms with van der Waals surface area (Å²) < 4.78 is 1.98. The lowest BCUT2D eigenvalue weighted by Gasteiger charge is -2.21. The Morgan fingerprint density at radius 1 is 1.24 bits per heavy atom. The van der Waals surface area contributed by atoms with Crippen molar-refractivity contribution < 1.29 is 4.79 Å². The van der Waals surface area contributed by atoms with Gasteiger partial charge in [-0.1, -0.05) is 0 Å². The molecule has 0 aliphatic rings. The maximum Gasteiger partial charge on any atom is 0.332 e. The molecule has 0 fully saturated rings. The lowest BCUT2D eigenvalue weighted by Crippen LogP contribution is -2.44. The van der Waals surface area contributed by atoms with Crippen LogP contribution < -0.4 is 21.9 Å². The Labute approximate surface area is 122 Å². The summed E-state index contributed by atoms with van der Waals surface area (Å²) in [6.45, 7) is 5.35. The molecule has 1 aromatic heterocycles. The molecule has 1 amide bonds. The first kappa shape index (κ1) is 16.5. The summed E-state index contributed by atoms with van der Waals surface area (Å²) in [5.41, 5.74) is -1.87. The highest BCUT2D eigenvalue weighted by atomic mass is 16.2. The fourth-order valence-corrected chi connectivity index (χ4v) is 1.78. The van der Waals surface area contributed by atoms with E-state index >= 15 is 0 Å². The van der Waals surface area contributed by atoms with Gasteiger partial charge in [-0.2, -0.15) is 5.26 Å². The Hall–Kier alpha value is -2.56. The van der Waals surface area contributed by atoms with Crippen LogP contribution in [0, 0.1) is 11.3 Å². The van der Waals surface area contributed by atoms with E-state index < -0.39 is 16.8 Å². The zero-order chi connectivity index (χ0) is 16.4. The Balaban J connectivity index is 3.11. The second-order valence-electron chi connectivity index (χ2n) is 5.69. The molecule has 2 N–H and O–H groups in total. The van der Waals surface area contributed by atoms with E-state index in [2.05, 4.69) is 10.6 Å². The van der Waals surface area contributed by atoms with Crippen LogP contribution in [-0.4, -0.2) is 27.1 Å². The van der Waals surface area contributed by atoms with Crippen LogP contribution in [0.4, 0.5) is 5.82 Å². The van der Waals surface area contributed by atoms with E-state index in [-0.39, 0.29) is 23.8 Å². The summed E-state index contributed by atoms with van der Waals surface area (Å²) in [7, 11) is 2.72. The molecule has 114 valence electrons. The van der Waals surface area contributed by atoms with Gasteiger partial charge in [0.2, 0.25) is 5.91 Å². The third-order valence-electron chi connectivity index (χ3n) is 2.71. The van der Waals surface area contributed by atoms with Crippen molar-refractivity contribution in [2.24, 2.45) is 14.1 Å². The van der Waals surface area contributed by atoms with Gasteiger partial charge in [0.1, 0.15) is 11.9 Å². The van der Waals surface area contributed by atoms with Gasteiger partial charge in [0, 0.05) is 19.6 Å². The SMILES string of the molecule is Cn1c(NCC(=O)NC(C)(C)C)c(C#N)c(=O)n(C)c1=O. The topological polar surface area (TPSA) is 109 Å². The number of anilines is 1. The highest BCUT2D eigenvalue weighted by molar-refractivity contribution is 5.81. The zero-order valence-corrected chi connectivity index (χ0v) is 12.8. The molecule has 0 saturated heterocycles. The van der Waals surface area contributed by atoms with Crippen LogP contribution in [0.5, 0.6) is 0 Å². The molecule has 0 bridgehead atoms. The summed E-state index contributed by atoms with van der Waals surface area (Å²) >= 11 is 0. The van der Waals surface area contributed by atoms with Crippen LogP contribution in [0.1, 0.15) is 26.3 Å². The average molecular weight is 293 g/mol. The van der Waals surface area contributed by atoms with Gasteiger partial charge < -0.3 is 10.6 Å². The Morgan fingerprint density at radius 3 is 2.29 bits per heavy atom. The van der Waals surface area contributed by atoms with Crippen LogP contribution in [0.25, 0.3) is 0 Å². The number of hydrogen-bond donors (Lipinski definition) is 2. The van der Waals surface area contributed by atoms with Gasteiger partial charge in [-0.25, -0.2) is 4.79 Å². The first-order valence-corrected chi connectivity index (χ1v) is 6.33. The number of amides is 1. The number of carbonyl (C=O) groups excluding carboxylic acids is 1. The normalized spacial score (nSPS) is 10.9. The Morgan fingerprint density at radius 2 is 1.81 bits per heavy atom. The minimum absolute atomic E-state index is 0.0367. The van der Waals surface area contributed by atoms with E-state index in [4.69, 9.17) is 5.26 Å². The molecule has 0 saturated carbocycles. The van der Waals surface area contributed by atoms with E-state index in [1.165, 1.54) is 14.1 Å². The molecular formula is C13H19N5O3. The Bertz CT molecular complexity index is 716. The average Bonchev–Trinajstić information content (AvgIpc) is 2.37. The van der Waals surface area contributed by atoms with Gasteiger partial charge in [0.05, 0.1) is 6.54 Å². The first-order chi connectivity index (χ1) is 9.58. The van der Waals surface area contributed by atoms with Crippen molar-refractivity contribution in [1.29, 1.82) is 5.26 Å².